The first-order chi connectivity index (χ1) is 12.8. The van der Waals surface area contributed by atoms with Gasteiger partial charge in [-0.25, -0.2) is 9.78 Å². The van der Waals surface area contributed by atoms with Crippen LogP contribution in [0.1, 0.15) is 65.0 Å². The molecule has 1 amide bonds. The molecule has 0 unspecified atom stereocenters. The first kappa shape index (κ1) is 19.5. The van der Waals surface area contributed by atoms with Crippen molar-refractivity contribution < 1.29 is 14.7 Å². The van der Waals surface area contributed by atoms with E-state index in [1.54, 1.807) is 23.5 Å². The number of hydrogen-bond donors (Lipinski definition) is 1. The largest absolute Gasteiger partial charge is 0.478 e. The molecule has 0 bridgehead atoms. The van der Waals surface area contributed by atoms with Gasteiger partial charge in [0.1, 0.15) is 5.69 Å². The van der Waals surface area contributed by atoms with Crippen LogP contribution in [-0.4, -0.2) is 40.0 Å². The van der Waals surface area contributed by atoms with Crippen molar-refractivity contribution >= 4 is 23.2 Å². The number of rotatable bonds is 4. The number of benzene rings is 1. The van der Waals surface area contributed by atoms with Crippen molar-refractivity contribution in [3.8, 4) is 0 Å². The molecule has 1 aromatic carbocycles. The minimum atomic E-state index is -0.878. The van der Waals surface area contributed by atoms with E-state index in [4.69, 9.17) is 0 Å². The zero-order valence-corrected chi connectivity index (χ0v) is 16.9. The molecule has 0 spiro atoms. The minimum absolute atomic E-state index is 0.00568. The number of carboxylic acid groups (broad SMARTS) is 1. The van der Waals surface area contributed by atoms with Crippen molar-refractivity contribution in [2.75, 3.05) is 13.1 Å². The molecule has 0 saturated carbocycles. The first-order valence-electron chi connectivity index (χ1n) is 9.32. The van der Waals surface area contributed by atoms with Crippen molar-refractivity contribution in [1.29, 1.82) is 0 Å². The van der Waals surface area contributed by atoms with Gasteiger partial charge in [-0.05, 0) is 36.8 Å². The average molecular weight is 387 g/mol. The van der Waals surface area contributed by atoms with E-state index in [0.717, 1.165) is 29.8 Å². The molecule has 3 rings (SSSR count). The highest BCUT2D eigenvalue weighted by Crippen LogP contribution is 2.28. The monoisotopic (exact) mass is 386 g/mol. The summed E-state index contributed by atoms with van der Waals surface area (Å²) in [4.78, 5) is 30.5. The molecule has 1 fully saturated rings. The highest BCUT2D eigenvalue weighted by atomic mass is 32.1. The molecule has 144 valence electrons. The molecule has 0 aliphatic carbocycles. The lowest BCUT2D eigenvalue weighted by molar-refractivity contribution is 0.0685. The summed E-state index contributed by atoms with van der Waals surface area (Å²) in [5.41, 5.74) is 1.75. The molecular formula is C21H26N2O3S. The Morgan fingerprint density at radius 1 is 1.22 bits per heavy atom. The van der Waals surface area contributed by atoms with Gasteiger partial charge in [0, 0.05) is 23.9 Å². The third-order valence-electron chi connectivity index (χ3n) is 5.02. The zero-order valence-electron chi connectivity index (χ0n) is 16.1. The summed E-state index contributed by atoms with van der Waals surface area (Å²) in [6.45, 7) is 7.68. The van der Waals surface area contributed by atoms with E-state index in [9.17, 15) is 14.7 Å². The summed E-state index contributed by atoms with van der Waals surface area (Å²) in [7, 11) is 0. The van der Waals surface area contributed by atoms with Crippen LogP contribution >= 0.6 is 11.3 Å². The van der Waals surface area contributed by atoms with Crippen LogP contribution < -0.4 is 0 Å². The van der Waals surface area contributed by atoms with Crippen LogP contribution in [-0.2, 0) is 11.8 Å². The summed E-state index contributed by atoms with van der Waals surface area (Å²) in [5.74, 6) is -0.474. The van der Waals surface area contributed by atoms with Gasteiger partial charge in [0.05, 0.1) is 10.6 Å². The fourth-order valence-corrected chi connectivity index (χ4v) is 4.32. The Bertz CT molecular complexity index is 830. The van der Waals surface area contributed by atoms with Crippen LogP contribution in [0.3, 0.4) is 0 Å². The van der Waals surface area contributed by atoms with Gasteiger partial charge < -0.3 is 10.0 Å². The number of hydrogen-bond acceptors (Lipinski definition) is 4. The molecule has 27 heavy (non-hydrogen) atoms. The zero-order chi connectivity index (χ0) is 19.6. The number of nitrogens with zero attached hydrogens (tertiary/aromatic N) is 2. The van der Waals surface area contributed by atoms with E-state index < -0.39 is 5.97 Å². The molecule has 5 nitrogen and oxygen atoms in total. The Morgan fingerprint density at radius 3 is 2.48 bits per heavy atom. The van der Waals surface area contributed by atoms with E-state index in [-0.39, 0.29) is 11.3 Å². The van der Waals surface area contributed by atoms with Crippen LogP contribution in [0.4, 0.5) is 0 Å². The Hall–Kier alpha value is -2.21. The molecule has 6 heteroatoms. The third kappa shape index (κ3) is 4.56. The Labute approximate surface area is 164 Å². The predicted octanol–water partition coefficient (Wildman–Crippen LogP) is 4.23. The summed E-state index contributed by atoms with van der Waals surface area (Å²) < 4.78 is 0. The fraction of sp³-hybridized carbons (Fsp3) is 0.476. The lowest BCUT2D eigenvalue weighted by atomic mass is 9.88. The lowest BCUT2D eigenvalue weighted by Gasteiger charge is -2.32. The number of carbonyl (C=O) groups excluding carboxylic acids is 1. The number of carboxylic acids is 1. The second kappa shape index (κ2) is 7.80. The number of piperidine rings is 1. The van der Waals surface area contributed by atoms with E-state index >= 15 is 0 Å². The van der Waals surface area contributed by atoms with Crippen molar-refractivity contribution in [2.45, 2.75) is 45.4 Å². The van der Waals surface area contributed by atoms with E-state index in [2.05, 4.69) is 25.8 Å². The minimum Gasteiger partial charge on any atom is -0.478 e. The second-order valence-electron chi connectivity index (χ2n) is 8.19. The predicted molar refractivity (Wildman–Crippen MR) is 107 cm³/mol. The smallest absolute Gasteiger partial charge is 0.335 e. The van der Waals surface area contributed by atoms with Gasteiger partial charge in [-0.15, -0.1) is 11.3 Å². The molecule has 0 radical (unpaired) electrons. The number of thiazole rings is 1. The van der Waals surface area contributed by atoms with Crippen LogP contribution in [0.2, 0.25) is 0 Å². The maximum absolute atomic E-state index is 12.7. The van der Waals surface area contributed by atoms with Gasteiger partial charge in [0.2, 0.25) is 0 Å². The van der Waals surface area contributed by atoms with Crippen molar-refractivity contribution in [2.24, 2.45) is 5.92 Å². The van der Waals surface area contributed by atoms with Crippen LogP contribution in [0, 0.1) is 5.92 Å². The molecule has 1 aliphatic heterocycles. The quantitative estimate of drug-likeness (QED) is 0.853. The molecule has 1 aromatic heterocycles. The third-order valence-corrected chi connectivity index (χ3v) is 6.29. The molecule has 1 N–H and O–H groups in total. The van der Waals surface area contributed by atoms with E-state index in [1.165, 1.54) is 0 Å². The van der Waals surface area contributed by atoms with Gasteiger partial charge in [0.25, 0.3) is 5.91 Å². The first-order valence-corrected chi connectivity index (χ1v) is 10.2. The number of aromatic carboxylic acids is 1. The average Bonchev–Trinajstić information content (AvgIpc) is 3.12. The van der Waals surface area contributed by atoms with Crippen LogP contribution in [0.15, 0.2) is 29.6 Å². The molecule has 0 atom stereocenters. The van der Waals surface area contributed by atoms with Crippen molar-refractivity contribution in [1.82, 2.24) is 9.88 Å². The molecule has 1 saturated heterocycles. The Kier molecular flexibility index (Phi) is 5.65. The molecule has 2 heterocycles. The number of aromatic nitrogens is 1. The number of carbonyl (C=O) groups is 2. The Balaban J connectivity index is 1.60. The van der Waals surface area contributed by atoms with Crippen LogP contribution in [0.5, 0.6) is 0 Å². The highest BCUT2D eigenvalue weighted by molar-refractivity contribution is 7.10. The fourth-order valence-electron chi connectivity index (χ4n) is 3.44. The topological polar surface area (TPSA) is 70.5 Å². The maximum Gasteiger partial charge on any atom is 0.335 e. The SMILES string of the molecule is CC(C)(C)c1nc(C(=O)N2CCC(Cc3ccccc3C(=O)O)CC2)cs1. The van der Waals surface area contributed by atoms with E-state index in [1.807, 2.05) is 22.4 Å². The van der Waals surface area contributed by atoms with Gasteiger partial charge in [-0.1, -0.05) is 39.0 Å². The van der Waals surface area contributed by atoms with Gasteiger partial charge in [0.15, 0.2) is 0 Å². The van der Waals surface area contributed by atoms with Gasteiger partial charge in [-0.3, -0.25) is 4.79 Å². The second-order valence-corrected chi connectivity index (χ2v) is 9.05. The number of likely N-dealkylation sites (tertiary alicyclic amines) is 1. The highest BCUT2D eigenvalue weighted by Gasteiger charge is 2.27. The normalized spacial score (nSPS) is 15.7. The molecule has 1 aliphatic rings. The van der Waals surface area contributed by atoms with Crippen molar-refractivity contribution in [3.05, 3.63) is 51.5 Å². The standard InChI is InChI=1S/C21H26N2O3S/c1-21(2,3)20-22-17(13-27-20)18(24)23-10-8-14(9-11-23)12-15-6-4-5-7-16(15)19(25)26/h4-7,13-14H,8-12H2,1-3H3,(H,25,26). The summed E-state index contributed by atoms with van der Waals surface area (Å²) in [6.07, 6.45) is 2.52. The maximum atomic E-state index is 12.7. The van der Waals surface area contributed by atoms with Crippen molar-refractivity contribution in [3.63, 3.8) is 0 Å². The number of amides is 1. The van der Waals surface area contributed by atoms with E-state index in [0.29, 0.717) is 30.3 Å². The molecular weight excluding hydrogens is 360 g/mol. The van der Waals surface area contributed by atoms with Crippen LogP contribution in [0.25, 0.3) is 0 Å². The van der Waals surface area contributed by atoms with Gasteiger partial charge >= 0.3 is 5.97 Å². The summed E-state index contributed by atoms with van der Waals surface area (Å²) >= 11 is 1.54. The lowest BCUT2D eigenvalue weighted by Crippen LogP contribution is -2.39. The van der Waals surface area contributed by atoms with Gasteiger partial charge in [-0.2, -0.15) is 0 Å². The summed E-state index contributed by atoms with van der Waals surface area (Å²) in [6, 6.07) is 7.19. The molecule has 2 aromatic rings. The Morgan fingerprint density at radius 2 is 1.89 bits per heavy atom. The summed E-state index contributed by atoms with van der Waals surface area (Å²) in [5, 5.41) is 12.2.